The topological polar surface area (TPSA) is 61.8 Å². The van der Waals surface area contributed by atoms with Crippen molar-refractivity contribution in [2.45, 2.75) is 53.5 Å². The molecule has 0 amide bonds. The maximum absolute atomic E-state index is 10.8. The molecule has 0 unspecified atom stereocenters. The zero-order valence-electron chi connectivity index (χ0n) is 15.3. The fourth-order valence-corrected chi connectivity index (χ4v) is 2.71. The Bertz CT molecular complexity index is 812. The third kappa shape index (κ3) is 3.21. The molecule has 0 aliphatic carbocycles. The quantitative estimate of drug-likeness (QED) is 0.654. The van der Waals surface area contributed by atoms with Crippen molar-refractivity contribution in [3.8, 4) is 6.07 Å². The fraction of sp³-hybridized carbons (Fsp3) is 0.400. The van der Waals surface area contributed by atoms with Crippen LogP contribution in [0.1, 0.15) is 55.8 Å². The molecule has 2 aromatic rings. The van der Waals surface area contributed by atoms with Crippen molar-refractivity contribution in [1.29, 1.82) is 5.26 Å². The molecule has 1 heterocycles. The van der Waals surface area contributed by atoms with Crippen molar-refractivity contribution < 1.29 is 5.11 Å². The van der Waals surface area contributed by atoms with Crippen molar-refractivity contribution in [3.63, 3.8) is 0 Å². The van der Waals surface area contributed by atoms with Gasteiger partial charge in [-0.15, -0.1) is 0 Å². The summed E-state index contributed by atoms with van der Waals surface area (Å²) in [7, 11) is 0. The third-order valence-electron chi connectivity index (χ3n) is 4.34. The predicted molar refractivity (Wildman–Crippen MR) is 97.6 cm³/mol. The Morgan fingerprint density at radius 1 is 1.21 bits per heavy atom. The van der Waals surface area contributed by atoms with E-state index in [0.29, 0.717) is 17.8 Å². The van der Waals surface area contributed by atoms with Gasteiger partial charge in [0.25, 0.3) is 0 Å². The van der Waals surface area contributed by atoms with Gasteiger partial charge in [-0.05, 0) is 37.3 Å². The summed E-state index contributed by atoms with van der Waals surface area (Å²) in [6, 6.07) is 9.96. The number of aryl methyl sites for hydroxylation is 2. The van der Waals surface area contributed by atoms with Crippen molar-refractivity contribution in [3.05, 3.63) is 52.3 Å². The molecule has 0 spiro atoms. The molecule has 0 aliphatic heterocycles. The van der Waals surface area contributed by atoms with Crippen molar-refractivity contribution in [2.75, 3.05) is 0 Å². The van der Waals surface area contributed by atoms with Crippen LogP contribution in [0, 0.1) is 25.2 Å². The van der Waals surface area contributed by atoms with Gasteiger partial charge in [-0.3, -0.25) is 4.68 Å². The van der Waals surface area contributed by atoms with Gasteiger partial charge in [0.15, 0.2) is 5.76 Å². The highest BCUT2D eigenvalue weighted by Gasteiger charge is 2.20. The first-order valence-corrected chi connectivity index (χ1v) is 8.19. The number of aromatic nitrogens is 2. The number of nitrogens with zero attached hydrogens (tertiary/aromatic N) is 3. The first-order chi connectivity index (χ1) is 11.2. The van der Waals surface area contributed by atoms with Crippen LogP contribution < -0.4 is 0 Å². The van der Waals surface area contributed by atoms with Crippen LogP contribution in [0.4, 0.5) is 0 Å². The number of allylic oxidation sites excluding steroid dienone is 1. The van der Waals surface area contributed by atoms with E-state index in [1.54, 1.807) is 4.68 Å². The van der Waals surface area contributed by atoms with E-state index < -0.39 is 0 Å². The van der Waals surface area contributed by atoms with E-state index in [9.17, 15) is 10.4 Å². The number of hydrogen-bond acceptors (Lipinski definition) is 3. The van der Waals surface area contributed by atoms with E-state index in [4.69, 9.17) is 0 Å². The summed E-state index contributed by atoms with van der Waals surface area (Å²) >= 11 is 0. The van der Waals surface area contributed by atoms with E-state index >= 15 is 0 Å². The Labute approximate surface area is 144 Å². The van der Waals surface area contributed by atoms with E-state index in [-0.39, 0.29) is 16.7 Å². The molecule has 0 atom stereocenters. The first-order valence-electron chi connectivity index (χ1n) is 8.19. The van der Waals surface area contributed by atoms with Gasteiger partial charge in [-0.2, -0.15) is 10.4 Å². The Morgan fingerprint density at radius 3 is 2.25 bits per heavy atom. The molecule has 1 aromatic carbocycles. The molecular formula is C20H25N3O. The summed E-state index contributed by atoms with van der Waals surface area (Å²) in [6.45, 7) is 12.9. The van der Waals surface area contributed by atoms with Gasteiger partial charge in [-0.1, -0.05) is 45.0 Å². The monoisotopic (exact) mass is 323 g/mol. The second-order valence-corrected chi connectivity index (χ2v) is 7.04. The minimum absolute atomic E-state index is 0.0130. The number of nitriles is 1. The molecule has 4 nitrogen and oxygen atoms in total. The SMILES string of the molecule is CCn1nc(C)c(C)c1/C(O)=C(\C#N)c1ccc(C(C)(C)C)cc1. The molecule has 1 N–H and O–H groups in total. The van der Waals surface area contributed by atoms with Gasteiger partial charge in [0.05, 0.1) is 5.69 Å². The molecule has 24 heavy (non-hydrogen) atoms. The standard InChI is InChI=1S/C20H25N3O/c1-7-23-18(13(2)14(3)22-23)19(24)17(12-21)15-8-10-16(11-9-15)20(4,5)6/h8-11,24H,7H2,1-6H3/b19-17-. The van der Waals surface area contributed by atoms with Crippen molar-refractivity contribution >= 4 is 11.3 Å². The highest BCUT2D eigenvalue weighted by molar-refractivity contribution is 5.94. The van der Waals surface area contributed by atoms with Crippen LogP contribution >= 0.6 is 0 Å². The van der Waals surface area contributed by atoms with E-state index in [1.165, 1.54) is 5.56 Å². The molecule has 0 fully saturated rings. The van der Waals surface area contributed by atoms with E-state index in [2.05, 4.69) is 31.9 Å². The van der Waals surface area contributed by atoms with Gasteiger partial charge in [0, 0.05) is 12.1 Å². The van der Waals surface area contributed by atoms with Crippen molar-refractivity contribution in [1.82, 2.24) is 9.78 Å². The van der Waals surface area contributed by atoms with Crippen LogP contribution in [0.15, 0.2) is 24.3 Å². The molecule has 0 saturated carbocycles. The Hall–Kier alpha value is -2.54. The minimum atomic E-state index is -0.0130. The average molecular weight is 323 g/mol. The predicted octanol–water partition coefficient (Wildman–Crippen LogP) is 4.77. The van der Waals surface area contributed by atoms with Gasteiger partial charge >= 0.3 is 0 Å². The lowest BCUT2D eigenvalue weighted by molar-refractivity contribution is 0.497. The fourth-order valence-electron chi connectivity index (χ4n) is 2.71. The first kappa shape index (κ1) is 17.8. The molecule has 1 aromatic heterocycles. The minimum Gasteiger partial charge on any atom is -0.504 e. The van der Waals surface area contributed by atoms with E-state index in [1.807, 2.05) is 45.0 Å². The van der Waals surface area contributed by atoms with Crippen LogP contribution in [0.5, 0.6) is 0 Å². The number of rotatable bonds is 3. The summed E-state index contributed by atoms with van der Waals surface area (Å²) in [5, 5.41) is 24.8. The third-order valence-corrected chi connectivity index (χ3v) is 4.34. The van der Waals surface area contributed by atoms with Gasteiger partial charge in [0.1, 0.15) is 17.3 Å². The van der Waals surface area contributed by atoms with Crippen LogP contribution in [0.3, 0.4) is 0 Å². The number of aliphatic hydroxyl groups excluding tert-OH is 1. The Balaban J connectivity index is 2.59. The molecule has 4 heteroatoms. The Morgan fingerprint density at radius 2 is 1.79 bits per heavy atom. The summed E-state index contributed by atoms with van der Waals surface area (Å²) in [6.07, 6.45) is 0. The highest BCUT2D eigenvalue weighted by Crippen LogP contribution is 2.29. The number of aliphatic hydroxyl groups is 1. The molecule has 0 aliphatic rings. The molecule has 0 bridgehead atoms. The van der Waals surface area contributed by atoms with Gasteiger partial charge < -0.3 is 5.11 Å². The van der Waals surface area contributed by atoms with Crippen LogP contribution in [0.25, 0.3) is 11.3 Å². The molecule has 0 saturated heterocycles. The summed E-state index contributed by atoms with van der Waals surface area (Å²) in [5.74, 6) is -0.0130. The number of hydrogen-bond donors (Lipinski definition) is 1. The summed E-state index contributed by atoms with van der Waals surface area (Å²) in [4.78, 5) is 0. The Kier molecular flexibility index (Phi) is 4.84. The lowest BCUT2D eigenvalue weighted by Crippen LogP contribution is -2.10. The van der Waals surface area contributed by atoms with Gasteiger partial charge in [0.2, 0.25) is 0 Å². The lowest BCUT2D eigenvalue weighted by atomic mass is 9.86. The molecule has 2 rings (SSSR count). The van der Waals surface area contributed by atoms with E-state index in [0.717, 1.165) is 11.3 Å². The summed E-state index contributed by atoms with van der Waals surface area (Å²) < 4.78 is 1.74. The molecule has 0 radical (unpaired) electrons. The highest BCUT2D eigenvalue weighted by atomic mass is 16.3. The van der Waals surface area contributed by atoms with Crippen molar-refractivity contribution in [2.24, 2.45) is 0 Å². The maximum atomic E-state index is 10.8. The maximum Gasteiger partial charge on any atom is 0.159 e. The lowest BCUT2D eigenvalue weighted by Gasteiger charge is -2.19. The van der Waals surface area contributed by atoms with Crippen LogP contribution in [0.2, 0.25) is 0 Å². The number of benzene rings is 1. The molecule has 126 valence electrons. The zero-order chi connectivity index (χ0) is 18.1. The summed E-state index contributed by atoms with van der Waals surface area (Å²) in [5.41, 5.74) is 4.59. The van der Waals surface area contributed by atoms with Gasteiger partial charge in [-0.25, -0.2) is 0 Å². The second kappa shape index (κ2) is 6.52. The average Bonchev–Trinajstić information content (AvgIpc) is 2.82. The second-order valence-electron chi connectivity index (χ2n) is 7.04. The normalized spacial score (nSPS) is 12.7. The zero-order valence-corrected chi connectivity index (χ0v) is 15.3. The smallest absolute Gasteiger partial charge is 0.159 e. The van der Waals surface area contributed by atoms with Crippen LogP contribution in [-0.4, -0.2) is 14.9 Å². The molecular weight excluding hydrogens is 298 g/mol. The largest absolute Gasteiger partial charge is 0.504 e. The van der Waals surface area contributed by atoms with Crippen LogP contribution in [-0.2, 0) is 12.0 Å².